The molecule has 0 fully saturated rings. The molecule has 0 aliphatic carbocycles. The zero-order valence-corrected chi connectivity index (χ0v) is 14.4. The Balaban J connectivity index is 2.43. The molecule has 0 radical (unpaired) electrons. The first kappa shape index (κ1) is 18.3. The Morgan fingerprint density at radius 1 is 1.25 bits per heavy atom. The Labute approximate surface area is 141 Å². The molecule has 2 aromatic rings. The third-order valence-electron chi connectivity index (χ3n) is 4.30. The van der Waals surface area contributed by atoms with Gasteiger partial charge in [0.05, 0.1) is 17.6 Å². The van der Waals surface area contributed by atoms with Crippen molar-refractivity contribution >= 4 is 11.0 Å². The predicted molar refractivity (Wildman–Crippen MR) is 93.9 cm³/mol. The van der Waals surface area contributed by atoms with Crippen LogP contribution in [0.2, 0.25) is 0 Å². The largest absolute Gasteiger partial charge is 0.507 e. The van der Waals surface area contributed by atoms with E-state index in [9.17, 15) is 9.90 Å². The average Bonchev–Trinajstić information content (AvgIpc) is 2.58. The molecule has 0 aliphatic rings. The molecule has 0 saturated heterocycles. The lowest BCUT2D eigenvalue weighted by Crippen LogP contribution is -2.13. The number of hydrogen-bond acceptors (Lipinski definition) is 5. The van der Waals surface area contributed by atoms with E-state index >= 15 is 0 Å². The average molecular weight is 334 g/mol. The molecule has 0 saturated carbocycles. The number of fused-ring (bicyclic) bond motifs is 1. The third-order valence-corrected chi connectivity index (χ3v) is 4.30. The standard InChI is InChI=1S/C19H26O5/c1-3-5-6-7-13(4-2)17-18(21)15-12-14(23-11-10-20)8-9-16(15)24-19(17)22/h8-9,12-13,20-21H,3-7,10-11H2,1-2H3. The first-order valence-corrected chi connectivity index (χ1v) is 8.65. The van der Waals surface area contributed by atoms with E-state index in [1.165, 1.54) is 0 Å². The van der Waals surface area contributed by atoms with Crippen molar-refractivity contribution in [2.24, 2.45) is 0 Å². The molecule has 132 valence electrons. The summed E-state index contributed by atoms with van der Waals surface area (Å²) in [7, 11) is 0. The minimum atomic E-state index is -0.465. The van der Waals surface area contributed by atoms with Crippen LogP contribution in [-0.4, -0.2) is 23.4 Å². The molecule has 5 heteroatoms. The Hall–Kier alpha value is -2.01. The molecule has 2 rings (SSSR count). The third kappa shape index (κ3) is 4.09. The SMILES string of the molecule is CCCCCC(CC)c1c(O)c2cc(OCCO)ccc2oc1=O. The highest BCUT2D eigenvalue weighted by atomic mass is 16.5. The maximum Gasteiger partial charge on any atom is 0.343 e. The summed E-state index contributed by atoms with van der Waals surface area (Å²) in [5, 5.41) is 20.0. The number of aliphatic hydroxyl groups is 1. The molecule has 2 N–H and O–H groups in total. The smallest absolute Gasteiger partial charge is 0.343 e. The Morgan fingerprint density at radius 2 is 2.04 bits per heavy atom. The van der Waals surface area contributed by atoms with Crippen LogP contribution >= 0.6 is 0 Å². The molecule has 1 heterocycles. The Morgan fingerprint density at radius 3 is 2.71 bits per heavy atom. The van der Waals surface area contributed by atoms with Gasteiger partial charge in [-0.1, -0.05) is 33.1 Å². The maximum atomic E-state index is 12.4. The zero-order chi connectivity index (χ0) is 17.5. The Kier molecular flexibility index (Phi) is 6.67. The van der Waals surface area contributed by atoms with Gasteiger partial charge in [-0.15, -0.1) is 0 Å². The number of rotatable bonds is 9. The first-order chi connectivity index (χ1) is 11.6. The van der Waals surface area contributed by atoms with E-state index in [0.717, 1.165) is 32.1 Å². The highest BCUT2D eigenvalue weighted by Crippen LogP contribution is 2.36. The van der Waals surface area contributed by atoms with Crippen LogP contribution in [0.25, 0.3) is 11.0 Å². The summed E-state index contributed by atoms with van der Waals surface area (Å²) < 4.78 is 10.8. The number of aliphatic hydroxyl groups excluding tert-OH is 1. The predicted octanol–water partition coefficient (Wildman–Crippen LogP) is 3.94. The van der Waals surface area contributed by atoms with E-state index in [1.807, 2.05) is 6.92 Å². The van der Waals surface area contributed by atoms with Crippen molar-refractivity contribution in [1.29, 1.82) is 0 Å². The van der Waals surface area contributed by atoms with Gasteiger partial charge in [-0.2, -0.15) is 0 Å². The molecule has 1 aromatic heterocycles. The van der Waals surface area contributed by atoms with Crippen LogP contribution in [-0.2, 0) is 0 Å². The van der Waals surface area contributed by atoms with Crippen molar-refractivity contribution in [2.75, 3.05) is 13.2 Å². The normalized spacial score (nSPS) is 12.5. The fourth-order valence-corrected chi connectivity index (χ4v) is 2.99. The topological polar surface area (TPSA) is 79.9 Å². The van der Waals surface area contributed by atoms with Crippen molar-refractivity contribution < 1.29 is 19.4 Å². The van der Waals surface area contributed by atoms with Gasteiger partial charge in [-0.3, -0.25) is 0 Å². The van der Waals surface area contributed by atoms with Gasteiger partial charge in [-0.25, -0.2) is 4.79 Å². The van der Waals surface area contributed by atoms with Crippen LogP contribution in [0.1, 0.15) is 57.4 Å². The lowest BCUT2D eigenvalue weighted by atomic mass is 9.90. The molecule has 0 bridgehead atoms. The number of ether oxygens (including phenoxy) is 1. The first-order valence-electron chi connectivity index (χ1n) is 8.65. The van der Waals surface area contributed by atoms with E-state index in [0.29, 0.717) is 22.3 Å². The van der Waals surface area contributed by atoms with Crippen molar-refractivity contribution in [2.45, 2.75) is 51.9 Å². The second-order valence-corrected chi connectivity index (χ2v) is 5.98. The van der Waals surface area contributed by atoms with Crippen molar-refractivity contribution in [3.8, 4) is 11.5 Å². The van der Waals surface area contributed by atoms with Crippen molar-refractivity contribution in [3.63, 3.8) is 0 Å². The number of benzene rings is 1. The second kappa shape index (κ2) is 8.73. The van der Waals surface area contributed by atoms with Gasteiger partial charge < -0.3 is 19.4 Å². The van der Waals surface area contributed by atoms with Gasteiger partial charge >= 0.3 is 5.63 Å². The van der Waals surface area contributed by atoms with E-state index in [2.05, 4.69) is 6.92 Å². The van der Waals surface area contributed by atoms with Gasteiger partial charge in [0.25, 0.3) is 0 Å². The summed E-state index contributed by atoms with van der Waals surface area (Å²) in [6.45, 7) is 4.23. The van der Waals surface area contributed by atoms with E-state index in [4.69, 9.17) is 14.3 Å². The number of unbranched alkanes of at least 4 members (excludes halogenated alkanes) is 2. The second-order valence-electron chi connectivity index (χ2n) is 5.98. The Bertz CT molecular complexity index is 720. The molecule has 0 amide bonds. The van der Waals surface area contributed by atoms with E-state index < -0.39 is 5.63 Å². The van der Waals surface area contributed by atoms with Crippen molar-refractivity contribution in [3.05, 3.63) is 34.2 Å². The quantitative estimate of drug-likeness (QED) is 0.536. The van der Waals surface area contributed by atoms with Gasteiger partial charge in [-0.05, 0) is 37.0 Å². The summed E-state index contributed by atoms with van der Waals surface area (Å²) in [6.07, 6.45) is 4.87. The molecule has 24 heavy (non-hydrogen) atoms. The van der Waals surface area contributed by atoms with Gasteiger partial charge in [0, 0.05) is 0 Å². The lowest BCUT2D eigenvalue weighted by Gasteiger charge is -2.16. The van der Waals surface area contributed by atoms with Crippen LogP contribution in [0, 0.1) is 0 Å². The molecular weight excluding hydrogens is 308 g/mol. The van der Waals surface area contributed by atoms with Gasteiger partial charge in [0.15, 0.2) is 0 Å². The summed E-state index contributed by atoms with van der Waals surface area (Å²) >= 11 is 0. The van der Waals surface area contributed by atoms with Crippen LogP contribution in [0.5, 0.6) is 11.5 Å². The number of aromatic hydroxyl groups is 1. The summed E-state index contributed by atoms with van der Waals surface area (Å²) in [6, 6.07) is 4.90. The number of hydrogen-bond donors (Lipinski definition) is 2. The fraction of sp³-hybridized carbons (Fsp3) is 0.526. The lowest BCUT2D eigenvalue weighted by molar-refractivity contribution is 0.201. The van der Waals surface area contributed by atoms with Crippen LogP contribution in [0.4, 0.5) is 0 Å². The van der Waals surface area contributed by atoms with Crippen molar-refractivity contribution in [1.82, 2.24) is 0 Å². The summed E-state index contributed by atoms with van der Waals surface area (Å²) in [5.74, 6) is 0.490. The highest BCUT2D eigenvalue weighted by Gasteiger charge is 2.22. The van der Waals surface area contributed by atoms with Crippen LogP contribution in [0.3, 0.4) is 0 Å². The molecule has 1 atom stereocenters. The minimum Gasteiger partial charge on any atom is -0.507 e. The summed E-state index contributed by atoms with van der Waals surface area (Å²) in [4.78, 5) is 12.4. The van der Waals surface area contributed by atoms with E-state index in [1.54, 1.807) is 18.2 Å². The molecule has 0 spiro atoms. The highest BCUT2D eigenvalue weighted by molar-refractivity contribution is 5.85. The minimum absolute atomic E-state index is 0.0146. The molecule has 1 unspecified atom stereocenters. The van der Waals surface area contributed by atoms with E-state index in [-0.39, 0.29) is 24.9 Å². The molecule has 0 aliphatic heterocycles. The van der Waals surface area contributed by atoms with Crippen LogP contribution in [0.15, 0.2) is 27.4 Å². The maximum absolute atomic E-state index is 12.4. The fourth-order valence-electron chi connectivity index (χ4n) is 2.99. The monoisotopic (exact) mass is 334 g/mol. The molecule has 1 aromatic carbocycles. The summed E-state index contributed by atoms with van der Waals surface area (Å²) in [5.41, 5.74) is 0.230. The molecule has 5 nitrogen and oxygen atoms in total. The van der Waals surface area contributed by atoms with Crippen LogP contribution < -0.4 is 10.4 Å². The molecular formula is C19H26O5. The van der Waals surface area contributed by atoms with Gasteiger partial charge in [0.2, 0.25) is 0 Å². The zero-order valence-electron chi connectivity index (χ0n) is 14.4. The van der Waals surface area contributed by atoms with Gasteiger partial charge in [0.1, 0.15) is 23.7 Å².